The van der Waals surface area contributed by atoms with Crippen LogP contribution in [0, 0.1) is 17.2 Å². The first-order valence-corrected chi connectivity index (χ1v) is 10.7. The number of amides is 2. The molecule has 146 valence electrons. The number of nitriles is 1. The van der Waals surface area contributed by atoms with Crippen LogP contribution in [0.15, 0.2) is 0 Å². The predicted octanol–water partition coefficient (Wildman–Crippen LogP) is 3.19. The van der Waals surface area contributed by atoms with E-state index in [0.717, 1.165) is 16.9 Å². The van der Waals surface area contributed by atoms with Crippen LogP contribution in [0.2, 0.25) is 0 Å². The Hall–Kier alpha value is -1.91. The minimum atomic E-state index is -0.154. The molecule has 3 rings (SSSR count). The Morgan fingerprint density at radius 3 is 2.74 bits per heavy atom. The number of aliphatic hydroxyl groups is 1. The molecule has 1 aromatic rings. The highest BCUT2D eigenvalue weighted by atomic mass is 32.1. The van der Waals surface area contributed by atoms with Crippen molar-refractivity contribution in [3.63, 3.8) is 0 Å². The van der Waals surface area contributed by atoms with Gasteiger partial charge in [0, 0.05) is 24.3 Å². The molecule has 0 radical (unpaired) electrons. The van der Waals surface area contributed by atoms with Crippen molar-refractivity contribution in [3.05, 3.63) is 16.0 Å². The van der Waals surface area contributed by atoms with Gasteiger partial charge in [-0.05, 0) is 24.3 Å². The summed E-state index contributed by atoms with van der Waals surface area (Å²) in [4.78, 5) is 27.1. The van der Waals surface area contributed by atoms with Crippen LogP contribution >= 0.6 is 11.3 Å². The van der Waals surface area contributed by atoms with E-state index in [1.54, 1.807) is 4.90 Å². The van der Waals surface area contributed by atoms with E-state index < -0.39 is 0 Å². The highest BCUT2D eigenvalue weighted by Gasteiger charge is 2.27. The maximum Gasteiger partial charge on any atom is 0.225 e. The van der Waals surface area contributed by atoms with Crippen molar-refractivity contribution in [1.82, 2.24) is 4.90 Å². The van der Waals surface area contributed by atoms with Gasteiger partial charge in [-0.3, -0.25) is 9.59 Å². The van der Waals surface area contributed by atoms with Crippen LogP contribution in [0.1, 0.15) is 67.4 Å². The largest absolute Gasteiger partial charge is 0.396 e. The molecule has 0 bridgehead atoms. The summed E-state index contributed by atoms with van der Waals surface area (Å²) in [5.74, 6) is 0.555. The minimum Gasteiger partial charge on any atom is -0.396 e. The van der Waals surface area contributed by atoms with E-state index >= 15 is 0 Å². The first-order valence-electron chi connectivity index (χ1n) is 9.85. The SMILES string of the molecule is N#Cc1c(NC(=O)CCC2CCCCC2)sc2c1CCN(C(=O)CCO)C2. The van der Waals surface area contributed by atoms with Crippen LogP contribution in [0.4, 0.5) is 5.00 Å². The standard InChI is InChI=1S/C20H27N3O3S/c21-12-16-15-8-10-23(19(26)9-11-24)13-17(15)27-20(16)22-18(25)7-6-14-4-2-1-3-5-14/h14,24H,1-11,13H2,(H,22,25). The van der Waals surface area contributed by atoms with E-state index in [1.807, 2.05) is 0 Å². The number of rotatable bonds is 6. The number of carbonyl (C=O) groups excluding carboxylic acids is 2. The Morgan fingerprint density at radius 1 is 1.26 bits per heavy atom. The molecule has 27 heavy (non-hydrogen) atoms. The van der Waals surface area contributed by atoms with Gasteiger partial charge >= 0.3 is 0 Å². The quantitative estimate of drug-likeness (QED) is 0.781. The van der Waals surface area contributed by atoms with Crippen molar-refractivity contribution in [3.8, 4) is 6.07 Å². The molecule has 7 heteroatoms. The zero-order chi connectivity index (χ0) is 19.2. The van der Waals surface area contributed by atoms with Crippen molar-refractivity contribution < 1.29 is 14.7 Å². The monoisotopic (exact) mass is 389 g/mol. The molecule has 6 nitrogen and oxygen atoms in total. The lowest BCUT2D eigenvalue weighted by Crippen LogP contribution is -2.35. The number of anilines is 1. The molecule has 0 saturated heterocycles. The lowest BCUT2D eigenvalue weighted by Gasteiger charge is -2.26. The smallest absolute Gasteiger partial charge is 0.225 e. The number of nitrogens with one attached hydrogen (secondary N) is 1. The molecule has 1 fully saturated rings. The summed E-state index contributed by atoms with van der Waals surface area (Å²) in [6.45, 7) is 0.843. The Bertz CT molecular complexity index is 732. The van der Waals surface area contributed by atoms with Crippen LogP contribution in [-0.4, -0.2) is 35.0 Å². The van der Waals surface area contributed by atoms with E-state index in [1.165, 1.54) is 43.4 Å². The summed E-state index contributed by atoms with van der Waals surface area (Å²) in [6.07, 6.45) is 8.46. The van der Waals surface area contributed by atoms with Crippen molar-refractivity contribution in [2.75, 3.05) is 18.5 Å². The Kier molecular flexibility index (Phi) is 6.86. The molecule has 0 unspecified atom stereocenters. The number of thiophene rings is 1. The van der Waals surface area contributed by atoms with Crippen LogP contribution < -0.4 is 5.32 Å². The van der Waals surface area contributed by atoms with Gasteiger partial charge in [-0.15, -0.1) is 11.3 Å². The van der Waals surface area contributed by atoms with E-state index in [9.17, 15) is 14.9 Å². The topological polar surface area (TPSA) is 93.4 Å². The van der Waals surface area contributed by atoms with Gasteiger partial charge in [-0.2, -0.15) is 5.26 Å². The predicted molar refractivity (Wildman–Crippen MR) is 104 cm³/mol. The van der Waals surface area contributed by atoms with Gasteiger partial charge < -0.3 is 15.3 Å². The Balaban J connectivity index is 1.62. The third kappa shape index (κ3) is 4.88. The van der Waals surface area contributed by atoms with E-state index in [4.69, 9.17) is 5.11 Å². The van der Waals surface area contributed by atoms with Gasteiger partial charge in [0.2, 0.25) is 11.8 Å². The molecule has 1 aromatic heterocycles. The van der Waals surface area contributed by atoms with Crippen molar-refractivity contribution in [1.29, 1.82) is 5.26 Å². The normalized spacial score (nSPS) is 17.3. The zero-order valence-corrected chi connectivity index (χ0v) is 16.4. The number of nitrogens with zero attached hydrogens (tertiary/aromatic N) is 2. The summed E-state index contributed by atoms with van der Waals surface area (Å²) in [5.41, 5.74) is 1.51. The first-order chi connectivity index (χ1) is 13.1. The third-order valence-electron chi connectivity index (χ3n) is 5.60. The van der Waals surface area contributed by atoms with Gasteiger partial charge in [0.05, 0.1) is 18.7 Å². The molecule has 2 amide bonds. The fourth-order valence-corrected chi connectivity index (χ4v) is 5.31. The van der Waals surface area contributed by atoms with E-state index in [2.05, 4.69) is 11.4 Å². The minimum absolute atomic E-state index is 0.0242. The average Bonchev–Trinajstić information content (AvgIpc) is 3.03. The second-order valence-electron chi connectivity index (χ2n) is 7.45. The fraction of sp³-hybridized carbons (Fsp3) is 0.650. The van der Waals surface area contributed by atoms with Gasteiger partial charge in [0.15, 0.2) is 0 Å². The summed E-state index contributed by atoms with van der Waals surface area (Å²) in [6, 6.07) is 2.24. The molecule has 0 aromatic carbocycles. The maximum atomic E-state index is 12.4. The first kappa shape index (κ1) is 19.8. The van der Waals surface area contributed by atoms with E-state index in [0.29, 0.717) is 42.4 Å². The number of carbonyl (C=O) groups is 2. The molecular formula is C20H27N3O3S. The Labute approximate surface area is 164 Å². The molecule has 1 aliphatic carbocycles. The van der Waals surface area contributed by atoms with Crippen LogP contribution in [-0.2, 0) is 22.6 Å². The van der Waals surface area contributed by atoms with Crippen molar-refractivity contribution in [2.45, 2.75) is 64.3 Å². The highest BCUT2D eigenvalue weighted by molar-refractivity contribution is 7.16. The van der Waals surface area contributed by atoms with Gasteiger partial charge in [0.25, 0.3) is 0 Å². The molecule has 1 saturated carbocycles. The number of hydrogen-bond donors (Lipinski definition) is 2. The molecular weight excluding hydrogens is 362 g/mol. The lowest BCUT2D eigenvalue weighted by atomic mass is 9.86. The molecule has 1 aliphatic heterocycles. The maximum absolute atomic E-state index is 12.4. The zero-order valence-electron chi connectivity index (χ0n) is 15.6. The second-order valence-corrected chi connectivity index (χ2v) is 8.55. The van der Waals surface area contributed by atoms with Gasteiger partial charge in [-0.1, -0.05) is 32.1 Å². The summed E-state index contributed by atoms with van der Waals surface area (Å²) < 4.78 is 0. The van der Waals surface area contributed by atoms with Crippen LogP contribution in [0.5, 0.6) is 0 Å². The Morgan fingerprint density at radius 2 is 2.04 bits per heavy atom. The molecule has 2 aliphatic rings. The fourth-order valence-electron chi connectivity index (χ4n) is 4.08. The summed E-state index contributed by atoms with van der Waals surface area (Å²) >= 11 is 1.40. The average molecular weight is 390 g/mol. The summed E-state index contributed by atoms with van der Waals surface area (Å²) in [5, 5.41) is 22.1. The van der Waals surface area contributed by atoms with E-state index in [-0.39, 0.29) is 24.8 Å². The molecule has 0 atom stereocenters. The number of aliphatic hydroxyl groups excluding tert-OH is 1. The number of hydrogen-bond acceptors (Lipinski definition) is 5. The van der Waals surface area contributed by atoms with Crippen LogP contribution in [0.25, 0.3) is 0 Å². The number of fused-ring (bicyclic) bond motifs is 1. The summed E-state index contributed by atoms with van der Waals surface area (Å²) in [7, 11) is 0. The highest BCUT2D eigenvalue weighted by Crippen LogP contribution is 2.37. The third-order valence-corrected chi connectivity index (χ3v) is 6.74. The van der Waals surface area contributed by atoms with Crippen molar-refractivity contribution in [2.24, 2.45) is 5.92 Å². The molecule has 2 N–H and O–H groups in total. The lowest BCUT2D eigenvalue weighted by molar-refractivity contribution is -0.132. The molecule has 2 heterocycles. The van der Waals surface area contributed by atoms with Crippen molar-refractivity contribution >= 4 is 28.2 Å². The van der Waals surface area contributed by atoms with Gasteiger partial charge in [0.1, 0.15) is 11.1 Å². The second kappa shape index (κ2) is 9.34. The van der Waals surface area contributed by atoms with Gasteiger partial charge in [-0.25, -0.2) is 0 Å². The molecule has 0 spiro atoms. The van der Waals surface area contributed by atoms with Crippen LogP contribution in [0.3, 0.4) is 0 Å².